The molecular formula is C11H15ClFN. The van der Waals surface area contributed by atoms with Gasteiger partial charge in [-0.3, -0.25) is 0 Å². The fourth-order valence-corrected chi connectivity index (χ4v) is 1.71. The summed E-state index contributed by atoms with van der Waals surface area (Å²) in [5.74, 6) is -0.337. The molecular weight excluding hydrogens is 201 g/mol. The van der Waals surface area contributed by atoms with E-state index in [1.165, 1.54) is 0 Å². The summed E-state index contributed by atoms with van der Waals surface area (Å²) in [5, 5.41) is 3.30. The van der Waals surface area contributed by atoms with E-state index in [0.717, 1.165) is 5.70 Å². The zero-order valence-corrected chi connectivity index (χ0v) is 9.50. The third kappa shape index (κ3) is 1.85. The molecule has 1 N–H and O–H groups in total. The first kappa shape index (κ1) is 11.3. The summed E-state index contributed by atoms with van der Waals surface area (Å²) in [4.78, 5) is 0. The van der Waals surface area contributed by atoms with Crippen molar-refractivity contribution in [3.8, 4) is 0 Å². The van der Waals surface area contributed by atoms with Crippen molar-refractivity contribution in [3.63, 3.8) is 0 Å². The van der Waals surface area contributed by atoms with Crippen LogP contribution in [0.5, 0.6) is 0 Å². The molecule has 78 valence electrons. The van der Waals surface area contributed by atoms with Gasteiger partial charge in [0, 0.05) is 23.2 Å². The normalized spacial score (nSPS) is 21.8. The van der Waals surface area contributed by atoms with Crippen molar-refractivity contribution in [1.29, 1.82) is 0 Å². The maximum absolute atomic E-state index is 13.8. The molecule has 0 aromatic carbocycles. The van der Waals surface area contributed by atoms with E-state index in [4.69, 9.17) is 11.6 Å². The molecule has 0 saturated heterocycles. The lowest BCUT2D eigenvalue weighted by Gasteiger charge is -2.20. The van der Waals surface area contributed by atoms with Crippen LogP contribution in [0.15, 0.2) is 34.8 Å². The topological polar surface area (TPSA) is 12.0 Å². The highest BCUT2D eigenvalue weighted by atomic mass is 35.5. The molecule has 0 aromatic rings. The van der Waals surface area contributed by atoms with E-state index in [2.05, 4.69) is 11.9 Å². The largest absolute Gasteiger partial charge is 0.384 e. The molecule has 1 rings (SSSR count). The summed E-state index contributed by atoms with van der Waals surface area (Å²) >= 11 is 5.67. The van der Waals surface area contributed by atoms with Crippen LogP contribution in [0.4, 0.5) is 4.39 Å². The van der Waals surface area contributed by atoms with E-state index < -0.39 is 0 Å². The van der Waals surface area contributed by atoms with E-state index >= 15 is 0 Å². The molecule has 0 aliphatic carbocycles. The van der Waals surface area contributed by atoms with Gasteiger partial charge in [-0.25, -0.2) is 4.39 Å². The van der Waals surface area contributed by atoms with Crippen LogP contribution < -0.4 is 5.32 Å². The van der Waals surface area contributed by atoms with Crippen molar-refractivity contribution in [1.82, 2.24) is 5.32 Å². The van der Waals surface area contributed by atoms with Crippen molar-refractivity contribution in [3.05, 3.63) is 34.8 Å². The quantitative estimate of drug-likeness (QED) is 0.744. The molecule has 0 bridgehead atoms. The Bertz CT molecular complexity index is 322. The molecule has 0 aromatic heterocycles. The van der Waals surface area contributed by atoms with Gasteiger partial charge in [0.2, 0.25) is 0 Å². The van der Waals surface area contributed by atoms with Crippen molar-refractivity contribution in [2.24, 2.45) is 5.41 Å². The number of rotatable bonds is 2. The van der Waals surface area contributed by atoms with Gasteiger partial charge in [-0.2, -0.15) is 0 Å². The average molecular weight is 216 g/mol. The fourth-order valence-electron chi connectivity index (χ4n) is 1.62. The van der Waals surface area contributed by atoms with E-state index in [1.54, 1.807) is 13.0 Å². The number of hydrogen-bond acceptors (Lipinski definition) is 1. The molecule has 0 radical (unpaired) electrons. The molecule has 0 amide bonds. The Morgan fingerprint density at radius 3 is 2.64 bits per heavy atom. The van der Waals surface area contributed by atoms with Gasteiger partial charge in [0.15, 0.2) is 0 Å². The van der Waals surface area contributed by atoms with Crippen LogP contribution in [0, 0.1) is 5.41 Å². The van der Waals surface area contributed by atoms with Crippen molar-refractivity contribution >= 4 is 11.6 Å². The van der Waals surface area contributed by atoms with Crippen molar-refractivity contribution < 1.29 is 4.39 Å². The molecule has 3 heteroatoms. The molecule has 1 heterocycles. The Kier molecular flexibility index (Phi) is 3.05. The monoisotopic (exact) mass is 215 g/mol. The lowest BCUT2D eigenvalue weighted by Crippen LogP contribution is -2.20. The predicted molar refractivity (Wildman–Crippen MR) is 58.7 cm³/mol. The minimum absolute atomic E-state index is 0.191. The Balaban J connectivity index is 3.27. The minimum Gasteiger partial charge on any atom is -0.384 e. The van der Waals surface area contributed by atoms with Crippen LogP contribution in [0.25, 0.3) is 0 Å². The third-order valence-electron chi connectivity index (χ3n) is 2.39. The summed E-state index contributed by atoms with van der Waals surface area (Å²) in [6.07, 6.45) is 1.63. The highest BCUT2D eigenvalue weighted by Crippen LogP contribution is 2.40. The average Bonchev–Trinajstić information content (AvgIpc) is 2.39. The molecule has 0 atom stereocenters. The zero-order valence-electron chi connectivity index (χ0n) is 8.75. The maximum atomic E-state index is 13.8. The van der Waals surface area contributed by atoms with Crippen molar-refractivity contribution in [2.75, 3.05) is 6.54 Å². The molecule has 0 unspecified atom stereocenters. The molecule has 1 aliphatic heterocycles. The first-order valence-corrected chi connectivity index (χ1v) is 4.91. The van der Waals surface area contributed by atoms with E-state index in [9.17, 15) is 4.39 Å². The lowest BCUT2D eigenvalue weighted by atomic mass is 9.85. The van der Waals surface area contributed by atoms with Crippen LogP contribution in [-0.2, 0) is 0 Å². The predicted octanol–water partition coefficient (Wildman–Crippen LogP) is 3.50. The molecule has 14 heavy (non-hydrogen) atoms. The number of nitrogens with one attached hydrogen (secondary N) is 1. The first-order chi connectivity index (χ1) is 6.40. The second kappa shape index (κ2) is 3.77. The third-order valence-corrected chi connectivity index (χ3v) is 2.56. The summed E-state index contributed by atoms with van der Waals surface area (Å²) < 4.78 is 13.8. The minimum atomic E-state index is -0.337. The smallest absolute Gasteiger partial charge is 0.143 e. The first-order valence-electron chi connectivity index (χ1n) is 4.53. The lowest BCUT2D eigenvalue weighted by molar-refractivity contribution is 0.449. The Labute approximate surface area is 89.3 Å². The molecule has 0 fully saturated rings. The summed E-state index contributed by atoms with van der Waals surface area (Å²) in [7, 11) is 0. The van der Waals surface area contributed by atoms with E-state index in [-0.39, 0.29) is 16.3 Å². The Hall–Kier alpha value is -0.760. The number of hydrogen-bond donors (Lipinski definition) is 1. The van der Waals surface area contributed by atoms with Crippen LogP contribution in [-0.4, -0.2) is 6.54 Å². The van der Waals surface area contributed by atoms with Crippen LogP contribution in [0.3, 0.4) is 0 Å². The van der Waals surface area contributed by atoms with Crippen molar-refractivity contribution in [2.45, 2.75) is 20.8 Å². The van der Waals surface area contributed by atoms with Gasteiger partial charge >= 0.3 is 0 Å². The Morgan fingerprint density at radius 2 is 2.21 bits per heavy atom. The Morgan fingerprint density at radius 1 is 1.64 bits per heavy atom. The second-order valence-corrected chi connectivity index (χ2v) is 4.64. The van der Waals surface area contributed by atoms with Crippen LogP contribution in [0.1, 0.15) is 20.8 Å². The van der Waals surface area contributed by atoms with Gasteiger partial charge in [0.05, 0.1) is 5.03 Å². The van der Waals surface area contributed by atoms with E-state index in [1.807, 2.05) is 13.8 Å². The summed E-state index contributed by atoms with van der Waals surface area (Å²) in [6.45, 7) is 9.87. The molecule has 1 nitrogen and oxygen atoms in total. The number of allylic oxidation sites excluding steroid dienone is 3. The maximum Gasteiger partial charge on any atom is 0.143 e. The SMILES string of the molecule is C=CC1=C(/C(F)=C(\C)Cl)C(C)(C)CN1. The standard InChI is InChI=1S/C11H15ClFN/c1-5-8-9(10(13)7(2)12)11(3,4)6-14-8/h5,14H,1,6H2,2-4H3/b10-7-. The van der Waals surface area contributed by atoms with E-state index in [0.29, 0.717) is 12.1 Å². The number of halogens is 2. The zero-order chi connectivity index (χ0) is 10.9. The summed E-state index contributed by atoms with van der Waals surface area (Å²) in [6, 6.07) is 0. The second-order valence-electron chi connectivity index (χ2n) is 4.08. The van der Waals surface area contributed by atoms with Gasteiger partial charge in [-0.15, -0.1) is 0 Å². The summed E-state index contributed by atoms with van der Waals surface area (Å²) in [5.41, 5.74) is 1.14. The van der Waals surface area contributed by atoms with Gasteiger partial charge in [-0.05, 0) is 13.0 Å². The highest BCUT2D eigenvalue weighted by molar-refractivity contribution is 6.29. The van der Waals surface area contributed by atoms with Gasteiger partial charge < -0.3 is 5.32 Å². The van der Waals surface area contributed by atoms with Gasteiger partial charge in [-0.1, -0.05) is 32.0 Å². The molecule has 0 saturated carbocycles. The van der Waals surface area contributed by atoms with Gasteiger partial charge in [0.25, 0.3) is 0 Å². The van der Waals surface area contributed by atoms with Gasteiger partial charge in [0.1, 0.15) is 5.83 Å². The highest BCUT2D eigenvalue weighted by Gasteiger charge is 2.34. The van der Waals surface area contributed by atoms with Crippen LogP contribution >= 0.6 is 11.6 Å². The molecule has 1 aliphatic rings. The molecule has 0 spiro atoms. The fraction of sp³-hybridized carbons (Fsp3) is 0.455. The van der Waals surface area contributed by atoms with Crippen LogP contribution in [0.2, 0.25) is 0 Å².